The van der Waals surface area contributed by atoms with Crippen molar-refractivity contribution in [2.45, 2.75) is 92.9 Å². The fraction of sp³-hybridized carbons (Fsp3) is 0.654. The number of amides is 1. The molecule has 190 valence electrons. The van der Waals surface area contributed by atoms with Gasteiger partial charge in [-0.15, -0.1) is 0 Å². The van der Waals surface area contributed by atoms with E-state index < -0.39 is 11.7 Å². The zero-order chi connectivity index (χ0) is 26.1. The number of aldehydes is 1. The topological polar surface area (TPSA) is 93.7 Å². The molecule has 2 N–H and O–H groups in total. The highest BCUT2D eigenvalue weighted by Crippen LogP contribution is 2.27. The van der Waals surface area contributed by atoms with Crippen LogP contribution in [0.3, 0.4) is 0 Å². The summed E-state index contributed by atoms with van der Waals surface area (Å²) < 4.78 is 9.19. The van der Waals surface area contributed by atoms with E-state index >= 15 is 0 Å². The number of ether oxygens (including phenoxy) is 2. The average molecular weight is 467 g/mol. The van der Waals surface area contributed by atoms with Crippen LogP contribution in [0.25, 0.3) is 0 Å². The Morgan fingerprint density at radius 3 is 1.91 bits per heavy atom. The van der Waals surface area contributed by atoms with Gasteiger partial charge in [0.05, 0.1) is 12.6 Å². The summed E-state index contributed by atoms with van der Waals surface area (Å²) in [6.45, 7) is 18.3. The van der Waals surface area contributed by atoms with Crippen molar-refractivity contribution in [3.05, 3.63) is 35.4 Å². The molecule has 1 aromatic carbocycles. The molecule has 0 spiro atoms. The van der Waals surface area contributed by atoms with E-state index in [0.717, 1.165) is 0 Å². The van der Waals surface area contributed by atoms with Crippen LogP contribution in [-0.2, 0) is 19.1 Å². The number of alkyl carbamates (subject to hydrolysis) is 1. The Hall–Kier alpha value is -2.41. The Balaban J connectivity index is 0. The first-order valence-electron chi connectivity index (χ1n) is 11.4. The summed E-state index contributed by atoms with van der Waals surface area (Å²) in [5.74, 6) is 0. The summed E-state index contributed by atoms with van der Waals surface area (Å²) in [5.41, 5.74) is 2.64. The van der Waals surface area contributed by atoms with Gasteiger partial charge >= 0.3 is 6.09 Å². The molecule has 1 atom stereocenters. The van der Waals surface area contributed by atoms with Crippen molar-refractivity contribution < 1.29 is 23.9 Å². The van der Waals surface area contributed by atoms with Crippen LogP contribution in [0.15, 0.2) is 24.3 Å². The molecule has 1 aromatic rings. The molecule has 1 amide bonds. The fourth-order valence-electron chi connectivity index (χ4n) is 2.40. The van der Waals surface area contributed by atoms with Crippen molar-refractivity contribution >= 4 is 18.9 Å². The number of aryl methyl sites for hydroxylation is 1. The third-order valence-electron chi connectivity index (χ3n) is 4.07. The minimum Gasteiger partial charge on any atom is -0.465 e. The largest absolute Gasteiger partial charge is 0.465 e. The molecule has 0 aliphatic rings. The fourth-order valence-corrected chi connectivity index (χ4v) is 2.40. The second-order valence-corrected chi connectivity index (χ2v) is 10.2. The number of rotatable bonds is 8. The number of nitrogens with one attached hydrogen (secondary N) is 2. The third kappa shape index (κ3) is 22.6. The molecule has 0 radical (unpaired) electrons. The van der Waals surface area contributed by atoms with Crippen molar-refractivity contribution in [2.24, 2.45) is 5.41 Å². The van der Waals surface area contributed by atoms with Crippen LogP contribution in [0.5, 0.6) is 0 Å². The number of benzene rings is 1. The number of carbonyl (C=O) groups excluding carboxylic acids is 3. The van der Waals surface area contributed by atoms with Gasteiger partial charge in [0, 0.05) is 6.04 Å². The summed E-state index contributed by atoms with van der Waals surface area (Å²) in [4.78, 5) is 29.9. The van der Waals surface area contributed by atoms with Gasteiger partial charge in [0.25, 0.3) is 6.47 Å². The van der Waals surface area contributed by atoms with E-state index in [1.54, 1.807) is 34.6 Å². The van der Waals surface area contributed by atoms with Gasteiger partial charge in [-0.2, -0.15) is 0 Å². The van der Waals surface area contributed by atoms with Crippen LogP contribution < -0.4 is 10.6 Å². The molecule has 0 aromatic heterocycles. The number of hydrogen-bond acceptors (Lipinski definition) is 6. The smallest absolute Gasteiger partial charge is 0.408 e. The van der Waals surface area contributed by atoms with E-state index in [0.29, 0.717) is 24.2 Å². The molecule has 0 heterocycles. The van der Waals surface area contributed by atoms with E-state index in [1.807, 2.05) is 7.05 Å². The Bertz CT molecular complexity index is 659. The zero-order valence-electron chi connectivity index (χ0n) is 22.3. The lowest BCUT2D eigenvalue weighted by Gasteiger charge is -2.23. The molecule has 0 aliphatic carbocycles. The average Bonchev–Trinajstić information content (AvgIpc) is 2.67. The third-order valence-corrected chi connectivity index (χ3v) is 4.07. The van der Waals surface area contributed by atoms with Crippen LogP contribution in [0, 0.1) is 12.3 Å². The first kappa shape index (κ1) is 32.8. The summed E-state index contributed by atoms with van der Waals surface area (Å²) >= 11 is 0. The monoisotopic (exact) mass is 466 g/mol. The van der Waals surface area contributed by atoms with E-state index in [9.17, 15) is 14.4 Å². The van der Waals surface area contributed by atoms with Crippen molar-refractivity contribution in [2.75, 3.05) is 13.6 Å². The highest BCUT2D eigenvalue weighted by molar-refractivity contribution is 5.71. The predicted octanol–water partition coefficient (Wildman–Crippen LogP) is 5.36. The van der Waals surface area contributed by atoms with Crippen molar-refractivity contribution in [3.8, 4) is 0 Å². The predicted molar refractivity (Wildman–Crippen MR) is 134 cm³/mol. The minimum atomic E-state index is -0.565. The highest BCUT2D eigenvalue weighted by atomic mass is 16.6. The van der Waals surface area contributed by atoms with Crippen LogP contribution in [0.4, 0.5) is 4.79 Å². The quantitative estimate of drug-likeness (QED) is 0.501. The lowest BCUT2D eigenvalue weighted by atomic mass is 9.87. The van der Waals surface area contributed by atoms with E-state index in [-0.39, 0.29) is 12.6 Å². The van der Waals surface area contributed by atoms with Crippen LogP contribution in [0.1, 0.15) is 85.4 Å². The zero-order valence-corrected chi connectivity index (χ0v) is 22.3. The molecule has 33 heavy (non-hydrogen) atoms. The molecule has 7 nitrogen and oxygen atoms in total. The lowest BCUT2D eigenvalue weighted by Crippen LogP contribution is -2.33. The maximum absolute atomic E-state index is 10.7. The van der Waals surface area contributed by atoms with Gasteiger partial charge < -0.3 is 24.9 Å². The summed E-state index contributed by atoms with van der Waals surface area (Å²) in [5, 5.41) is 5.67. The van der Waals surface area contributed by atoms with Crippen LogP contribution in [0.2, 0.25) is 0 Å². The molecule has 0 saturated carbocycles. The number of carbonyl (C=O) groups is 3. The van der Waals surface area contributed by atoms with E-state index in [1.165, 1.54) is 24.0 Å². The maximum atomic E-state index is 10.7. The molecule has 0 bridgehead atoms. The molecule has 7 heteroatoms. The molecular weight excluding hydrogens is 420 g/mol. The SMILES string of the molecule is CC(C)(C)OC(=O)NCC=O.CC(C)OC=O.CNC(CCC(C)(C)C)c1ccc(C)cc1. The van der Waals surface area contributed by atoms with E-state index in [4.69, 9.17) is 4.74 Å². The Labute approximate surface area is 201 Å². The number of hydrogen-bond donors (Lipinski definition) is 2. The first-order valence-corrected chi connectivity index (χ1v) is 11.4. The van der Waals surface area contributed by atoms with Crippen molar-refractivity contribution in [3.63, 3.8) is 0 Å². The molecule has 1 rings (SSSR count). The Morgan fingerprint density at radius 2 is 1.58 bits per heavy atom. The normalized spacial score (nSPS) is 11.7. The molecule has 0 saturated heterocycles. The molecule has 0 fully saturated rings. The first-order chi connectivity index (χ1) is 15.1. The van der Waals surface area contributed by atoms with Gasteiger partial charge in [-0.25, -0.2) is 4.79 Å². The summed E-state index contributed by atoms with van der Waals surface area (Å²) in [6, 6.07) is 9.34. The van der Waals surface area contributed by atoms with Gasteiger partial charge in [-0.3, -0.25) is 4.79 Å². The van der Waals surface area contributed by atoms with Crippen LogP contribution >= 0.6 is 0 Å². The van der Waals surface area contributed by atoms with Gasteiger partial charge in [0.2, 0.25) is 0 Å². The molecular formula is C26H46N2O5. The Kier molecular flexibility index (Phi) is 17.0. The second kappa shape index (κ2) is 17.1. The minimum absolute atomic E-state index is 0.00505. The van der Waals surface area contributed by atoms with Gasteiger partial charge in [0.15, 0.2) is 0 Å². The molecule has 1 unspecified atom stereocenters. The van der Waals surface area contributed by atoms with Gasteiger partial charge in [-0.1, -0.05) is 50.6 Å². The highest BCUT2D eigenvalue weighted by Gasteiger charge is 2.16. The van der Waals surface area contributed by atoms with Gasteiger partial charge in [0.1, 0.15) is 11.9 Å². The van der Waals surface area contributed by atoms with Crippen molar-refractivity contribution in [1.82, 2.24) is 10.6 Å². The summed E-state index contributed by atoms with van der Waals surface area (Å²) in [7, 11) is 2.05. The van der Waals surface area contributed by atoms with Crippen molar-refractivity contribution in [1.29, 1.82) is 0 Å². The molecule has 0 aliphatic heterocycles. The Morgan fingerprint density at radius 1 is 1.03 bits per heavy atom. The lowest BCUT2D eigenvalue weighted by molar-refractivity contribution is -0.131. The summed E-state index contributed by atoms with van der Waals surface area (Å²) in [6.07, 6.45) is 2.51. The van der Waals surface area contributed by atoms with E-state index in [2.05, 4.69) is 67.3 Å². The van der Waals surface area contributed by atoms with Crippen LogP contribution in [-0.4, -0.2) is 44.1 Å². The second-order valence-electron chi connectivity index (χ2n) is 10.2. The maximum Gasteiger partial charge on any atom is 0.408 e. The van der Waals surface area contributed by atoms with Gasteiger partial charge in [-0.05, 0) is 72.4 Å². The standard InChI is InChI=1S/C15H25N.C7H13NO3.C4H8O2/c1-12-6-8-13(9-7-12)14(16-5)10-11-15(2,3)4;1-7(2,3)11-6(10)8-4-5-9;1-4(2)6-3-5/h6-9,14,16H,10-11H2,1-5H3;5H,4H2,1-3H3,(H,8,10);3-4H,1-2H3.